The number of nitrogens with zero attached hydrogens (tertiary/aromatic N) is 2. The van der Waals surface area contributed by atoms with Crippen LogP contribution in [-0.4, -0.2) is 30.7 Å². The van der Waals surface area contributed by atoms with E-state index < -0.39 is 21.8 Å². The van der Waals surface area contributed by atoms with Crippen molar-refractivity contribution >= 4 is 10.0 Å². The number of pyridine rings is 1. The minimum Gasteiger partial charge on any atom is -0.474 e. The molecule has 142 valence electrons. The summed E-state index contributed by atoms with van der Waals surface area (Å²) in [7, 11) is -3.68. The van der Waals surface area contributed by atoms with Crippen LogP contribution < -0.4 is 9.46 Å². The van der Waals surface area contributed by atoms with Crippen LogP contribution in [0.25, 0.3) is 0 Å². The van der Waals surface area contributed by atoms with Crippen LogP contribution in [0.15, 0.2) is 40.2 Å². The van der Waals surface area contributed by atoms with Gasteiger partial charge in [-0.2, -0.15) is 13.2 Å². The van der Waals surface area contributed by atoms with Gasteiger partial charge in [0.25, 0.3) is 0 Å². The maximum absolute atomic E-state index is 12.5. The molecule has 7 nitrogen and oxygen atoms in total. The highest BCUT2D eigenvalue weighted by Crippen LogP contribution is 2.30. The Morgan fingerprint density at radius 1 is 1.15 bits per heavy atom. The SMILES string of the molecule is O=S(=O)(NC1CCC(Oc2ccc(C(F)(F)F)cn2)CC1)c1cnoc1. The summed E-state index contributed by atoms with van der Waals surface area (Å²) in [4.78, 5) is 3.64. The second kappa shape index (κ2) is 7.23. The van der Waals surface area contributed by atoms with Crippen molar-refractivity contribution in [1.82, 2.24) is 14.9 Å². The lowest BCUT2D eigenvalue weighted by molar-refractivity contribution is -0.137. The summed E-state index contributed by atoms with van der Waals surface area (Å²) in [5.74, 6) is 0.117. The maximum Gasteiger partial charge on any atom is 0.417 e. The molecule has 0 bridgehead atoms. The highest BCUT2D eigenvalue weighted by atomic mass is 32.2. The first-order chi connectivity index (χ1) is 12.2. The Hall–Kier alpha value is -2.14. The molecule has 0 spiro atoms. The topological polar surface area (TPSA) is 94.3 Å². The Bertz CT molecular complexity index is 815. The van der Waals surface area contributed by atoms with E-state index in [4.69, 9.17) is 4.74 Å². The number of aromatic nitrogens is 2. The lowest BCUT2D eigenvalue weighted by Gasteiger charge is -2.28. The molecule has 1 aliphatic carbocycles. The molecular formula is C15H16F3N3O4S. The fourth-order valence-corrected chi connectivity index (χ4v) is 3.86. The molecule has 1 saturated carbocycles. The van der Waals surface area contributed by atoms with Gasteiger partial charge >= 0.3 is 6.18 Å². The quantitative estimate of drug-likeness (QED) is 0.842. The molecule has 2 aromatic rings. The van der Waals surface area contributed by atoms with E-state index in [9.17, 15) is 21.6 Å². The number of sulfonamides is 1. The molecular weight excluding hydrogens is 375 g/mol. The van der Waals surface area contributed by atoms with E-state index >= 15 is 0 Å². The second-order valence-electron chi connectivity index (χ2n) is 5.96. The van der Waals surface area contributed by atoms with Gasteiger partial charge < -0.3 is 9.26 Å². The van der Waals surface area contributed by atoms with Crippen LogP contribution in [0, 0.1) is 0 Å². The molecule has 26 heavy (non-hydrogen) atoms. The van der Waals surface area contributed by atoms with Crippen LogP contribution in [0.2, 0.25) is 0 Å². The average molecular weight is 391 g/mol. The zero-order chi connectivity index (χ0) is 18.8. The number of rotatable bonds is 5. The number of alkyl halides is 3. The minimum absolute atomic E-state index is 0.0372. The van der Waals surface area contributed by atoms with E-state index in [-0.39, 0.29) is 22.9 Å². The molecule has 2 aromatic heterocycles. The number of ether oxygens (including phenoxy) is 1. The molecule has 0 saturated heterocycles. The van der Waals surface area contributed by atoms with E-state index in [1.807, 2.05) is 0 Å². The van der Waals surface area contributed by atoms with Gasteiger partial charge in [-0.3, -0.25) is 0 Å². The van der Waals surface area contributed by atoms with Crippen LogP contribution in [0.1, 0.15) is 31.2 Å². The molecule has 1 N–H and O–H groups in total. The van der Waals surface area contributed by atoms with Gasteiger partial charge in [-0.25, -0.2) is 18.1 Å². The van der Waals surface area contributed by atoms with Crippen molar-refractivity contribution in [3.63, 3.8) is 0 Å². The predicted molar refractivity (Wildman–Crippen MR) is 82.7 cm³/mol. The third kappa shape index (κ3) is 4.52. The van der Waals surface area contributed by atoms with Crippen LogP contribution in [-0.2, 0) is 16.2 Å². The highest BCUT2D eigenvalue weighted by Gasteiger charge is 2.31. The van der Waals surface area contributed by atoms with Gasteiger partial charge in [-0.1, -0.05) is 5.16 Å². The Labute approximate surface area is 147 Å². The van der Waals surface area contributed by atoms with Crippen molar-refractivity contribution in [2.24, 2.45) is 0 Å². The highest BCUT2D eigenvalue weighted by molar-refractivity contribution is 7.89. The summed E-state index contributed by atoms with van der Waals surface area (Å²) < 4.78 is 74.5. The Kier molecular flexibility index (Phi) is 5.19. The van der Waals surface area contributed by atoms with Crippen molar-refractivity contribution in [2.75, 3.05) is 0 Å². The Morgan fingerprint density at radius 3 is 2.42 bits per heavy atom. The Morgan fingerprint density at radius 2 is 1.88 bits per heavy atom. The lowest BCUT2D eigenvalue weighted by atomic mass is 9.94. The van der Waals surface area contributed by atoms with Gasteiger partial charge in [0.05, 0.1) is 11.8 Å². The van der Waals surface area contributed by atoms with Crippen LogP contribution in [0.5, 0.6) is 5.88 Å². The lowest BCUT2D eigenvalue weighted by Crippen LogP contribution is -2.39. The maximum atomic E-state index is 12.5. The van der Waals surface area contributed by atoms with Gasteiger partial charge in [0.2, 0.25) is 15.9 Å². The van der Waals surface area contributed by atoms with Crippen molar-refractivity contribution in [1.29, 1.82) is 0 Å². The van der Waals surface area contributed by atoms with Crippen molar-refractivity contribution < 1.29 is 30.8 Å². The average Bonchev–Trinajstić information content (AvgIpc) is 3.12. The molecule has 0 aliphatic heterocycles. The molecule has 3 rings (SSSR count). The number of halogens is 3. The second-order valence-corrected chi connectivity index (χ2v) is 7.67. The summed E-state index contributed by atoms with van der Waals surface area (Å²) >= 11 is 0. The van der Waals surface area contributed by atoms with E-state index in [2.05, 4.69) is 19.4 Å². The molecule has 2 heterocycles. The molecule has 0 unspecified atom stereocenters. The smallest absolute Gasteiger partial charge is 0.417 e. The van der Waals surface area contributed by atoms with Gasteiger partial charge in [-0.05, 0) is 31.7 Å². The summed E-state index contributed by atoms with van der Waals surface area (Å²) in [6.45, 7) is 0. The number of hydrogen-bond acceptors (Lipinski definition) is 6. The normalized spacial score (nSPS) is 21.5. The largest absolute Gasteiger partial charge is 0.474 e. The minimum atomic E-state index is -4.44. The summed E-state index contributed by atoms with van der Waals surface area (Å²) in [6, 6.07) is 1.85. The fourth-order valence-electron chi connectivity index (χ4n) is 2.70. The molecule has 1 fully saturated rings. The van der Waals surface area contributed by atoms with Crippen molar-refractivity contribution in [3.05, 3.63) is 36.4 Å². The van der Waals surface area contributed by atoms with E-state index in [0.29, 0.717) is 25.7 Å². The van der Waals surface area contributed by atoms with Crippen molar-refractivity contribution in [2.45, 2.75) is 48.9 Å². The molecule has 0 aromatic carbocycles. The summed E-state index contributed by atoms with van der Waals surface area (Å²) in [5, 5.41) is 3.37. The molecule has 0 atom stereocenters. The molecule has 0 radical (unpaired) electrons. The molecule has 1 aliphatic rings. The van der Waals surface area contributed by atoms with Gasteiger partial charge in [0, 0.05) is 18.3 Å². The third-order valence-electron chi connectivity index (χ3n) is 4.07. The third-order valence-corrected chi connectivity index (χ3v) is 5.53. The van der Waals surface area contributed by atoms with Gasteiger partial charge in [0.1, 0.15) is 17.3 Å². The van der Waals surface area contributed by atoms with E-state index in [0.717, 1.165) is 24.7 Å². The predicted octanol–water partition coefficient (Wildman–Crippen LogP) is 2.76. The standard InChI is InChI=1S/C15H16F3N3O4S/c16-15(17,18)10-1-6-14(19-7-10)25-12-4-2-11(3-5-12)21-26(22,23)13-8-20-24-9-13/h1,6-9,11-12,21H,2-5H2. The van der Waals surface area contributed by atoms with Gasteiger partial charge in [-0.15, -0.1) is 0 Å². The molecule has 11 heteroatoms. The summed E-state index contributed by atoms with van der Waals surface area (Å²) in [6.07, 6.45) is 0.417. The number of hydrogen-bond donors (Lipinski definition) is 1. The van der Waals surface area contributed by atoms with Gasteiger partial charge in [0.15, 0.2) is 0 Å². The zero-order valence-electron chi connectivity index (χ0n) is 13.4. The fraction of sp³-hybridized carbons (Fsp3) is 0.467. The number of nitrogens with one attached hydrogen (secondary N) is 1. The first-order valence-electron chi connectivity index (χ1n) is 7.86. The first kappa shape index (κ1) is 18.6. The first-order valence-corrected chi connectivity index (χ1v) is 9.34. The monoisotopic (exact) mass is 391 g/mol. The Balaban J connectivity index is 1.51. The van der Waals surface area contributed by atoms with Crippen LogP contribution in [0.4, 0.5) is 13.2 Å². The summed E-state index contributed by atoms with van der Waals surface area (Å²) in [5.41, 5.74) is -0.836. The van der Waals surface area contributed by atoms with E-state index in [1.54, 1.807) is 0 Å². The molecule has 0 amide bonds. The van der Waals surface area contributed by atoms with Crippen LogP contribution >= 0.6 is 0 Å². The van der Waals surface area contributed by atoms with Crippen LogP contribution in [0.3, 0.4) is 0 Å². The van der Waals surface area contributed by atoms with Crippen molar-refractivity contribution in [3.8, 4) is 5.88 Å². The zero-order valence-corrected chi connectivity index (χ0v) is 14.3. The van der Waals surface area contributed by atoms with E-state index in [1.165, 1.54) is 6.07 Å².